The molecule has 0 fully saturated rings. The van der Waals surface area contributed by atoms with Crippen molar-refractivity contribution in [2.45, 2.75) is 13.3 Å². The Morgan fingerprint density at radius 1 is 1.55 bits per heavy atom. The van der Waals surface area contributed by atoms with Crippen LogP contribution in [0.5, 0.6) is 0 Å². The average Bonchev–Trinajstić information content (AvgIpc) is 1.99. The van der Waals surface area contributed by atoms with Crippen LogP contribution in [0.2, 0.25) is 0 Å². The summed E-state index contributed by atoms with van der Waals surface area (Å²) >= 11 is 3.35. The third-order valence-electron chi connectivity index (χ3n) is 1.07. The lowest BCUT2D eigenvalue weighted by Gasteiger charge is -2.03. The van der Waals surface area contributed by atoms with Gasteiger partial charge in [-0.05, 0) is 13.3 Å². The fraction of sp³-hybridized carbons (Fsp3) is 0.625. The molecule has 0 aromatic rings. The summed E-state index contributed by atoms with van der Waals surface area (Å²) in [5.74, 6) is 0. The molecule has 0 bridgehead atoms. The highest BCUT2D eigenvalue weighted by atomic mass is 79.9. The lowest BCUT2D eigenvalue weighted by Crippen LogP contribution is -2.07. The first kappa shape index (κ1) is 10.7. The summed E-state index contributed by atoms with van der Waals surface area (Å²) in [7, 11) is 1.97. The number of rotatable bonds is 5. The van der Waals surface area contributed by atoms with E-state index >= 15 is 0 Å². The summed E-state index contributed by atoms with van der Waals surface area (Å²) in [6, 6.07) is 0. The summed E-state index contributed by atoms with van der Waals surface area (Å²) in [6.07, 6.45) is 6.89. The van der Waals surface area contributed by atoms with Crippen molar-refractivity contribution in [3.8, 4) is 0 Å². The van der Waals surface area contributed by atoms with Crippen LogP contribution in [-0.4, -0.2) is 30.2 Å². The van der Waals surface area contributed by atoms with E-state index in [2.05, 4.69) is 20.9 Å². The van der Waals surface area contributed by atoms with Crippen molar-refractivity contribution in [3.63, 3.8) is 0 Å². The molecule has 0 aromatic carbocycles. The number of halogens is 1. The van der Waals surface area contributed by atoms with E-state index in [0.717, 1.165) is 18.3 Å². The Kier molecular flexibility index (Phi) is 7.57. The molecule has 0 atom stereocenters. The molecule has 64 valence electrons. The summed E-state index contributed by atoms with van der Waals surface area (Å²) in [4.78, 5) is 6.14. The van der Waals surface area contributed by atoms with Gasteiger partial charge < -0.3 is 4.90 Å². The predicted molar refractivity (Wildman–Crippen MR) is 54.3 cm³/mol. The van der Waals surface area contributed by atoms with Crippen molar-refractivity contribution in [2.24, 2.45) is 4.99 Å². The van der Waals surface area contributed by atoms with Crippen molar-refractivity contribution in [3.05, 3.63) is 12.3 Å². The van der Waals surface area contributed by atoms with Gasteiger partial charge in [-0.2, -0.15) is 0 Å². The lowest BCUT2D eigenvalue weighted by atomic mass is 10.5. The van der Waals surface area contributed by atoms with Crippen molar-refractivity contribution in [2.75, 3.05) is 18.9 Å². The molecule has 0 N–H and O–H groups in total. The van der Waals surface area contributed by atoms with Gasteiger partial charge in [0.2, 0.25) is 0 Å². The zero-order chi connectivity index (χ0) is 8.53. The second-order valence-electron chi connectivity index (χ2n) is 2.21. The molecular weight excluding hydrogens is 204 g/mol. The monoisotopic (exact) mass is 218 g/mol. The van der Waals surface area contributed by atoms with Gasteiger partial charge in [-0.1, -0.05) is 22.0 Å². The third kappa shape index (κ3) is 7.59. The van der Waals surface area contributed by atoms with E-state index in [4.69, 9.17) is 0 Å². The second kappa shape index (κ2) is 7.79. The first-order valence-electron chi connectivity index (χ1n) is 3.72. The summed E-state index contributed by atoms with van der Waals surface area (Å²) in [6.45, 7) is 2.88. The number of hydrogen-bond donors (Lipinski definition) is 0. The van der Waals surface area contributed by atoms with Gasteiger partial charge in [0.05, 0.1) is 6.34 Å². The molecule has 0 amide bonds. The van der Waals surface area contributed by atoms with Crippen LogP contribution in [0.3, 0.4) is 0 Å². The molecule has 11 heavy (non-hydrogen) atoms. The molecule has 0 saturated heterocycles. The lowest BCUT2D eigenvalue weighted by molar-refractivity contribution is 0.702. The fourth-order valence-corrected chi connectivity index (χ4v) is 0.862. The first-order valence-corrected chi connectivity index (χ1v) is 4.84. The smallest absolute Gasteiger partial charge is 0.0886 e. The Morgan fingerprint density at radius 3 is 2.82 bits per heavy atom. The van der Waals surface area contributed by atoms with E-state index in [-0.39, 0.29) is 0 Å². The van der Waals surface area contributed by atoms with Crippen LogP contribution in [0.4, 0.5) is 0 Å². The van der Waals surface area contributed by atoms with Crippen molar-refractivity contribution in [1.82, 2.24) is 4.90 Å². The van der Waals surface area contributed by atoms with Gasteiger partial charge in [0.1, 0.15) is 0 Å². The molecule has 2 nitrogen and oxygen atoms in total. The normalized spacial score (nSPS) is 11.5. The van der Waals surface area contributed by atoms with Gasteiger partial charge in [0.15, 0.2) is 0 Å². The maximum absolute atomic E-state index is 4.20. The van der Waals surface area contributed by atoms with Gasteiger partial charge in [0, 0.05) is 25.1 Å². The molecular formula is C8H15BrN2. The molecule has 0 aliphatic carbocycles. The van der Waals surface area contributed by atoms with Crippen LogP contribution in [-0.2, 0) is 0 Å². The van der Waals surface area contributed by atoms with Crippen molar-refractivity contribution in [1.29, 1.82) is 0 Å². The maximum Gasteiger partial charge on any atom is 0.0886 e. The summed E-state index contributed by atoms with van der Waals surface area (Å²) < 4.78 is 0. The second-order valence-corrected chi connectivity index (χ2v) is 3.01. The van der Waals surface area contributed by atoms with Crippen LogP contribution in [0.25, 0.3) is 0 Å². The maximum atomic E-state index is 4.20. The molecule has 0 heterocycles. The number of aliphatic imine (C=N–C) groups is 1. The zero-order valence-electron chi connectivity index (χ0n) is 7.13. The van der Waals surface area contributed by atoms with Gasteiger partial charge in [-0.3, -0.25) is 4.99 Å². The minimum Gasteiger partial charge on any atom is -0.343 e. The SMILES string of the molecule is C/C=C\N(C)C=NCCCBr. The molecule has 0 spiro atoms. The number of alkyl halides is 1. The topological polar surface area (TPSA) is 15.6 Å². The highest BCUT2D eigenvalue weighted by molar-refractivity contribution is 9.09. The molecule has 0 rings (SSSR count). The molecule has 0 saturated carbocycles. The van der Waals surface area contributed by atoms with Crippen LogP contribution in [0, 0.1) is 0 Å². The molecule has 0 radical (unpaired) electrons. The van der Waals surface area contributed by atoms with Gasteiger partial charge in [0.25, 0.3) is 0 Å². The van der Waals surface area contributed by atoms with Crippen LogP contribution >= 0.6 is 15.9 Å². The first-order chi connectivity index (χ1) is 5.31. The number of nitrogens with zero attached hydrogens (tertiary/aromatic N) is 2. The van der Waals surface area contributed by atoms with E-state index < -0.39 is 0 Å². The number of allylic oxidation sites excluding steroid dienone is 1. The van der Waals surface area contributed by atoms with E-state index in [0.29, 0.717) is 0 Å². The molecule has 0 aliphatic heterocycles. The summed E-state index contributed by atoms with van der Waals surface area (Å²) in [5, 5.41) is 1.03. The van der Waals surface area contributed by atoms with Gasteiger partial charge >= 0.3 is 0 Å². The van der Waals surface area contributed by atoms with Gasteiger partial charge in [-0.25, -0.2) is 0 Å². The van der Waals surface area contributed by atoms with E-state index in [1.54, 1.807) is 0 Å². The average molecular weight is 219 g/mol. The fourth-order valence-electron chi connectivity index (χ4n) is 0.611. The summed E-state index contributed by atoms with van der Waals surface area (Å²) in [5.41, 5.74) is 0. The van der Waals surface area contributed by atoms with E-state index in [9.17, 15) is 0 Å². The Labute approximate surface area is 77.1 Å². The standard InChI is InChI=1S/C8H15BrN2/c1-3-7-11(2)8-10-6-4-5-9/h3,7-8H,4-6H2,1-2H3/b7-3-,10-8?. The number of hydrogen-bond acceptors (Lipinski definition) is 1. The predicted octanol–water partition coefficient (Wildman–Crippen LogP) is 2.27. The minimum atomic E-state index is 0.896. The van der Waals surface area contributed by atoms with Crippen LogP contribution in [0.1, 0.15) is 13.3 Å². The Bertz CT molecular complexity index is 132. The minimum absolute atomic E-state index is 0.896. The Morgan fingerprint density at radius 2 is 2.27 bits per heavy atom. The van der Waals surface area contributed by atoms with E-state index in [1.807, 2.05) is 37.5 Å². The third-order valence-corrected chi connectivity index (χ3v) is 1.63. The largest absolute Gasteiger partial charge is 0.343 e. The van der Waals surface area contributed by atoms with Crippen molar-refractivity contribution >= 4 is 22.3 Å². The van der Waals surface area contributed by atoms with E-state index in [1.165, 1.54) is 0 Å². The Hall–Kier alpha value is -0.310. The molecule has 0 unspecified atom stereocenters. The zero-order valence-corrected chi connectivity index (χ0v) is 8.71. The molecule has 0 aliphatic rings. The Balaban J connectivity index is 3.40. The van der Waals surface area contributed by atoms with Crippen LogP contribution in [0.15, 0.2) is 17.3 Å². The highest BCUT2D eigenvalue weighted by Crippen LogP contribution is 1.87. The van der Waals surface area contributed by atoms with Crippen LogP contribution < -0.4 is 0 Å². The molecule has 0 aromatic heterocycles. The van der Waals surface area contributed by atoms with Crippen molar-refractivity contribution < 1.29 is 0 Å². The van der Waals surface area contributed by atoms with Gasteiger partial charge in [-0.15, -0.1) is 0 Å². The highest BCUT2D eigenvalue weighted by Gasteiger charge is 1.81. The molecule has 3 heteroatoms. The quantitative estimate of drug-likeness (QED) is 0.299.